The van der Waals surface area contributed by atoms with Crippen molar-refractivity contribution in [2.45, 2.75) is 13.5 Å². The zero-order valence-corrected chi connectivity index (χ0v) is 6.15. The molecule has 0 atom stereocenters. The molecule has 1 amide bonds. The van der Waals surface area contributed by atoms with Gasteiger partial charge in [0.05, 0.1) is 12.4 Å². The summed E-state index contributed by atoms with van der Waals surface area (Å²) in [4.78, 5) is 10.2. The van der Waals surface area contributed by atoms with Gasteiger partial charge in [-0.3, -0.25) is 4.68 Å². The van der Waals surface area contributed by atoms with Crippen molar-refractivity contribution in [1.29, 1.82) is 0 Å². The monoisotopic (exact) mass is 155 g/mol. The van der Waals surface area contributed by atoms with Crippen LogP contribution in [0.1, 0.15) is 6.92 Å². The van der Waals surface area contributed by atoms with Crippen LogP contribution in [0.4, 0.5) is 4.79 Å². The van der Waals surface area contributed by atoms with Crippen LogP contribution in [-0.4, -0.2) is 15.9 Å². The first-order valence-electron chi connectivity index (χ1n) is 3.22. The molecule has 0 unspecified atom stereocenters. The number of aryl methyl sites for hydroxylation is 1. The van der Waals surface area contributed by atoms with E-state index in [0.717, 1.165) is 6.54 Å². The molecule has 2 N–H and O–H groups in total. The van der Waals surface area contributed by atoms with Crippen molar-refractivity contribution in [1.82, 2.24) is 9.78 Å². The molecule has 5 heteroatoms. The van der Waals surface area contributed by atoms with Gasteiger partial charge in [-0.1, -0.05) is 0 Å². The Morgan fingerprint density at radius 3 is 3.09 bits per heavy atom. The summed E-state index contributed by atoms with van der Waals surface area (Å²) in [7, 11) is 0. The van der Waals surface area contributed by atoms with Crippen molar-refractivity contribution in [2.75, 3.05) is 0 Å². The molecular formula is C6H9N3O2. The lowest BCUT2D eigenvalue weighted by molar-refractivity contribution is 0.211. The fourth-order valence-electron chi connectivity index (χ4n) is 0.686. The molecule has 0 radical (unpaired) electrons. The fourth-order valence-corrected chi connectivity index (χ4v) is 0.686. The number of carbonyl (C=O) groups is 1. The third kappa shape index (κ3) is 1.96. The molecule has 1 aromatic heterocycles. The van der Waals surface area contributed by atoms with E-state index in [1.54, 1.807) is 10.9 Å². The number of ether oxygens (including phenoxy) is 1. The van der Waals surface area contributed by atoms with Crippen molar-refractivity contribution in [3.05, 3.63) is 12.4 Å². The van der Waals surface area contributed by atoms with E-state index in [2.05, 4.69) is 9.84 Å². The Balaban J connectivity index is 2.65. The number of nitrogens with zero attached hydrogens (tertiary/aromatic N) is 2. The van der Waals surface area contributed by atoms with E-state index in [4.69, 9.17) is 5.73 Å². The highest BCUT2D eigenvalue weighted by Gasteiger charge is 2.00. The first-order valence-corrected chi connectivity index (χ1v) is 3.22. The van der Waals surface area contributed by atoms with Crippen molar-refractivity contribution in [3.8, 4) is 5.75 Å². The predicted octanol–water partition coefficient (Wildman–Crippen LogP) is 0.361. The molecule has 1 rings (SSSR count). The summed E-state index contributed by atoms with van der Waals surface area (Å²) in [5, 5.41) is 3.87. The lowest BCUT2D eigenvalue weighted by atomic mass is 10.6. The average Bonchev–Trinajstić information content (AvgIpc) is 2.34. The quantitative estimate of drug-likeness (QED) is 0.670. The molecule has 0 fully saturated rings. The van der Waals surface area contributed by atoms with Gasteiger partial charge in [-0.05, 0) is 6.92 Å². The summed E-state index contributed by atoms with van der Waals surface area (Å²) in [6.45, 7) is 2.67. The van der Waals surface area contributed by atoms with Crippen molar-refractivity contribution in [3.63, 3.8) is 0 Å². The van der Waals surface area contributed by atoms with Crippen LogP contribution in [0.15, 0.2) is 12.4 Å². The Bertz CT molecular complexity index is 256. The molecular weight excluding hydrogens is 146 g/mol. The smallest absolute Gasteiger partial charge is 0.407 e. The van der Waals surface area contributed by atoms with E-state index in [0.29, 0.717) is 5.75 Å². The van der Waals surface area contributed by atoms with E-state index >= 15 is 0 Å². The third-order valence-electron chi connectivity index (χ3n) is 1.15. The van der Waals surface area contributed by atoms with Gasteiger partial charge in [0.25, 0.3) is 0 Å². The zero-order chi connectivity index (χ0) is 8.27. The average molecular weight is 155 g/mol. The lowest BCUT2D eigenvalue weighted by Crippen LogP contribution is -2.15. The molecule has 60 valence electrons. The first-order chi connectivity index (χ1) is 5.22. The van der Waals surface area contributed by atoms with Gasteiger partial charge in [-0.15, -0.1) is 0 Å². The number of nitrogens with two attached hydrogens (primary N) is 1. The Hall–Kier alpha value is -1.52. The van der Waals surface area contributed by atoms with Gasteiger partial charge in [0.2, 0.25) is 0 Å². The van der Waals surface area contributed by atoms with Crippen LogP contribution in [0.25, 0.3) is 0 Å². The third-order valence-corrected chi connectivity index (χ3v) is 1.15. The van der Waals surface area contributed by atoms with E-state index in [1.165, 1.54) is 6.20 Å². The van der Waals surface area contributed by atoms with Crippen LogP contribution in [-0.2, 0) is 6.54 Å². The van der Waals surface area contributed by atoms with Gasteiger partial charge < -0.3 is 10.5 Å². The summed E-state index contributed by atoms with van der Waals surface area (Å²) >= 11 is 0. The van der Waals surface area contributed by atoms with Gasteiger partial charge in [-0.2, -0.15) is 5.10 Å². The fraction of sp³-hybridized carbons (Fsp3) is 0.333. The zero-order valence-electron chi connectivity index (χ0n) is 6.15. The normalized spacial score (nSPS) is 9.55. The number of hydrogen-bond acceptors (Lipinski definition) is 3. The van der Waals surface area contributed by atoms with Crippen molar-refractivity contribution in [2.24, 2.45) is 5.73 Å². The summed E-state index contributed by atoms with van der Waals surface area (Å²) in [5.41, 5.74) is 4.78. The molecule has 1 aromatic rings. The minimum Gasteiger partial charge on any atom is -0.407 e. The van der Waals surface area contributed by atoms with Crippen molar-refractivity contribution >= 4 is 6.09 Å². The maximum absolute atomic E-state index is 10.2. The molecule has 0 spiro atoms. The van der Waals surface area contributed by atoms with Gasteiger partial charge >= 0.3 is 6.09 Å². The molecule has 0 aliphatic carbocycles. The number of rotatable bonds is 2. The summed E-state index contributed by atoms with van der Waals surface area (Å²) in [5.74, 6) is 0.374. The largest absolute Gasteiger partial charge is 0.410 e. The van der Waals surface area contributed by atoms with E-state index in [1.807, 2.05) is 6.92 Å². The number of primary amides is 1. The minimum absolute atomic E-state index is 0.374. The van der Waals surface area contributed by atoms with Crippen LogP contribution in [0.2, 0.25) is 0 Å². The van der Waals surface area contributed by atoms with Crippen LogP contribution in [0, 0.1) is 0 Å². The molecule has 0 bridgehead atoms. The highest BCUT2D eigenvalue weighted by Crippen LogP contribution is 2.06. The second-order valence-corrected chi connectivity index (χ2v) is 1.95. The van der Waals surface area contributed by atoms with Gasteiger partial charge in [-0.25, -0.2) is 4.79 Å². The van der Waals surface area contributed by atoms with Crippen LogP contribution in [0.3, 0.4) is 0 Å². The van der Waals surface area contributed by atoms with Crippen molar-refractivity contribution < 1.29 is 9.53 Å². The Morgan fingerprint density at radius 1 is 1.91 bits per heavy atom. The molecule has 1 heterocycles. The van der Waals surface area contributed by atoms with Gasteiger partial charge in [0, 0.05) is 6.54 Å². The maximum Gasteiger partial charge on any atom is 0.410 e. The highest BCUT2D eigenvalue weighted by molar-refractivity contribution is 5.67. The molecule has 5 nitrogen and oxygen atoms in total. The number of aromatic nitrogens is 2. The minimum atomic E-state index is -0.819. The van der Waals surface area contributed by atoms with Gasteiger partial charge in [0.1, 0.15) is 0 Å². The first kappa shape index (κ1) is 7.59. The topological polar surface area (TPSA) is 70.1 Å². The lowest BCUT2D eigenvalue weighted by Gasteiger charge is -1.93. The number of carbonyl (C=O) groups excluding carboxylic acids is 1. The Labute approximate surface area is 63.7 Å². The summed E-state index contributed by atoms with van der Waals surface area (Å²) in [6.07, 6.45) is 2.22. The molecule has 11 heavy (non-hydrogen) atoms. The second kappa shape index (κ2) is 3.05. The van der Waals surface area contributed by atoms with Crippen LogP contribution < -0.4 is 10.5 Å². The van der Waals surface area contributed by atoms with E-state index in [9.17, 15) is 4.79 Å². The number of amides is 1. The standard InChI is InChI=1S/C6H9N3O2/c1-2-9-4-5(3-8-9)11-6(7)10/h3-4H,2H2,1H3,(H2,7,10). The highest BCUT2D eigenvalue weighted by atomic mass is 16.5. The molecule has 0 aromatic carbocycles. The summed E-state index contributed by atoms with van der Waals surface area (Å²) < 4.78 is 6.19. The second-order valence-electron chi connectivity index (χ2n) is 1.95. The maximum atomic E-state index is 10.2. The van der Waals surface area contributed by atoms with Crippen LogP contribution in [0.5, 0.6) is 5.75 Å². The van der Waals surface area contributed by atoms with Gasteiger partial charge in [0.15, 0.2) is 5.75 Å². The predicted molar refractivity (Wildman–Crippen MR) is 38.1 cm³/mol. The molecule has 0 aliphatic heterocycles. The molecule has 0 saturated carbocycles. The Kier molecular flexibility index (Phi) is 2.10. The van der Waals surface area contributed by atoms with Crippen LogP contribution >= 0.6 is 0 Å². The number of hydrogen-bond donors (Lipinski definition) is 1. The van der Waals surface area contributed by atoms with E-state index in [-0.39, 0.29) is 0 Å². The molecule has 0 saturated heterocycles. The summed E-state index contributed by atoms with van der Waals surface area (Å²) in [6, 6.07) is 0. The van der Waals surface area contributed by atoms with E-state index < -0.39 is 6.09 Å². The molecule has 0 aliphatic rings. The Morgan fingerprint density at radius 2 is 2.64 bits per heavy atom. The SMILES string of the molecule is CCn1cc(OC(N)=O)cn1.